The summed E-state index contributed by atoms with van der Waals surface area (Å²) in [6.07, 6.45) is 4.57. The van der Waals surface area contributed by atoms with Crippen LogP contribution in [0.3, 0.4) is 0 Å². The highest BCUT2D eigenvalue weighted by atomic mass is 16.3. The molecule has 9 nitrogen and oxygen atoms in total. The van der Waals surface area contributed by atoms with Crippen molar-refractivity contribution < 1.29 is 14.3 Å². The number of anilines is 2. The molecule has 3 unspecified atom stereocenters. The molecule has 2 heterocycles. The maximum atomic E-state index is 11.8. The third kappa shape index (κ3) is 3.02. The molecule has 1 aliphatic carbocycles. The van der Waals surface area contributed by atoms with E-state index in [4.69, 9.17) is 15.9 Å². The Labute approximate surface area is 144 Å². The number of primary amides is 1. The molecular formula is C16H22N6O3. The first-order valence-electron chi connectivity index (χ1n) is 8.12. The summed E-state index contributed by atoms with van der Waals surface area (Å²) in [6.45, 7) is 4.25. The van der Waals surface area contributed by atoms with Crippen molar-refractivity contribution in [1.82, 2.24) is 15.0 Å². The number of carbonyl (C=O) groups excluding carboxylic acids is 1. The van der Waals surface area contributed by atoms with E-state index in [1.54, 1.807) is 0 Å². The maximum Gasteiger partial charge on any atom is 0.268 e. The Morgan fingerprint density at radius 3 is 2.84 bits per heavy atom. The zero-order valence-corrected chi connectivity index (χ0v) is 14.2. The number of hydrogen-bond donors (Lipinski definition) is 4. The SMILES string of the molecule is CC1C(CO)CCC1(C)Nc1nc(N)nc(C(N)=O)c1-c1ncco1. The molecular weight excluding hydrogens is 324 g/mol. The number of nitrogens with one attached hydrogen (secondary N) is 1. The molecule has 9 heteroatoms. The number of carbonyl (C=O) groups is 1. The van der Waals surface area contributed by atoms with Crippen LogP contribution in [0.1, 0.15) is 37.2 Å². The number of rotatable bonds is 5. The van der Waals surface area contributed by atoms with Crippen LogP contribution in [0.15, 0.2) is 16.9 Å². The summed E-state index contributed by atoms with van der Waals surface area (Å²) in [5, 5.41) is 12.9. The second-order valence-corrected chi connectivity index (χ2v) is 6.67. The summed E-state index contributed by atoms with van der Waals surface area (Å²) < 4.78 is 5.34. The highest BCUT2D eigenvalue weighted by molar-refractivity contribution is 5.99. The lowest BCUT2D eigenvalue weighted by Crippen LogP contribution is -2.40. The summed E-state index contributed by atoms with van der Waals surface area (Å²) in [6, 6.07) is 0. The molecule has 0 spiro atoms. The molecule has 1 fully saturated rings. The Hall–Kier alpha value is -2.68. The van der Waals surface area contributed by atoms with Gasteiger partial charge >= 0.3 is 0 Å². The summed E-state index contributed by atoms with van der Waals surface area (Å²) >= 11 is 0. The van der Waals surface area contributed by atoms with E-state index in [2.05, 4.69) is 34.1 Å². The predicted octanol–water partition coefficient (Wildman–Crippen LogP) is 1.02. The van der Waals surface area contributed by atoms with E-state index < -0.39 is 5.91 Å². The molecule has 0 aromatic carbocycles. The molecule has 2 aromatic heterocycles. The minimum absolute atomic E-state index is 0.0505. The van der Waals surface area contributed by atoms with Crippen molar-refractivity contribution in [2.45, 2.75) is 32.2 Å². The average molecular weight is 346 g/mol. The van der Waals surface area contributed by atoms with Gasteiger partial charge in [0.2, 0.25) is 11.8 Å². The molecule has 0 aliphatic heterocycles. The normalized spacial score (nSPS) is 25.9. The molecule has 1 amide bonds. The Kier molecular flexibility index (Phi) is 4.34. The van der Waals surface area contributed by atoms with Gasteiger partial charge in [-0.2, -0.15) is 4.98 Å². The lowest BCUT2D eigenvalue weighted by Gasteiger charge is -2.33. The van der Waals surface area contributed by atoms with Gasteiger partial charge in [0.25, 0.3) is 5.91 Å². The molecule has 1 saturated carbocycles. The number of aliphatic hydroxyl groups is 1. The van der Waals surface area contributed by atoms with E-state index in [0.717, 1.165) is 12.8 Å². The van der Waals surface area contributed by atoms with Crippen LogP contribution in [0.25, 0.3) is 11.5 Å². The van der Waals surface area contributed by atoms with E-state index in [1.165, 1.54) is 12.5 Å². The average Bonchev–Trinajstić information content (AvgIpc) is 3.17. The smallest absolute Gasteiger partial charge is 0.268 e. The molecule has 0 bridgehead atoms. The fraction of sp³-hybridized carbons (Fsp3) is 0.500. The van der Waals surface area contributed by atoms with Crippen LogP contribution in [0, 0.1) is 11.8 Å². The Morgan fingerprint density at radius 1 is 1.52 bits per heavy atom. The van der Waals surface area contributed by atoms with Crippen LogP contribution in [-0.4, -0.2) is 38.1 Å². The van der Waals surface area contributed by atoms with Gasteiger partial charge in [-0.25, -0.2) is 9.97 Å². The predicted molar refractivity (Wildman–Crippen MR) is 91.5 cm³/mol. The number of oxazole rings is 1. The van der Waals surface area contributed by atoms with Gasteiger partial charge in [-0.3, -0.25) is 4.79 Å². The number of hydrogen-bond acceptors (Lipinski definition) is 8. The van der Waals surface area contributed by atoms with Crippen LogP contribution in [0.5, 0.6) is 0 Å². The van der Waals surface area contributed by atoms with E-state index in [0.29, 0.717) is 5.82 Å². The minimum atomic E-state index is -0.747. The van der Waals surface area contributed by atoms with Crippen molar-refractivity contribution in [3.05, 3.63) is 18.2 Å². The number of nitrogens with zero attached hydrogens (tertiary/aromatic N) is 3. The van der Waals surface area contributed by atoms with Crippen molar-refractivity contribution >= 4 is 17.7 Å². The largest absolute Gasteiger partial charge is 0.444 e. The van der Waals surface area contributed by atoms with E-state index >= 15 is 0 Å². The van der Waals surface area contributed by atoms with Crippen LogP contribution in [0.2, 0.25) is 0 Å². The molecule has 134 valence electrons. The first-order chi connectivity index (χ1) is 11.9. The highest BCUT2D eigenvalue weighted by Crippen LogP contribution is 2.43. The topological polar surface area (TPSA) is 153 Å². The van der Waals surface area contributed by atoms with Gasteiger partial charge in [-0.15, -0.1) is 0 Å². The van der Waals surface area contributed by atoms with Gasteiger partial charge in [0.1, 0.15) is 23.3 Å². The molecule has 3 rings (SSSR count). The molecule has 2 aromatic rings. The zero-order chi connectivity index (χ0) is 18.2. The highest BCUT2D eigenvalue weighted by Gasteiger charge is 2.43. The number of aliphatic hydroxyl groups excluding tert-OH is 1. The Balaban J connectivity index is 2.08. The first-order valence-corrected chi connectivity index (χ1v) is 8.12. The standard InChI is InChI=1S/C16H22N6O3/c1-8-9(7-23)3-4-16(8,2)22-13-10(14-19-5-6-25-14)11(12(17)24)20-15(18)21-13/h5-6,8-9,23H,3-4,7H2,1-2H3,(H2,17,24)(H3,18,20,21,22). The monoisotopic (exact) mass is 346 g/mol. The number of nitrogen functional groups attached to an aromatic ring is 1. The van der Waals surface area contributed by atoms with E-state index in [9.17, 15) is 9.90 Å². The number of nitrogens with two attached hydrogens (primary N) is 2. The molecule has 3 atom stereocenters. The van der Waals surface area contributed by atoms with Gasteiger partial charge in [-0.05, 0) is 31.6 Å². The van der Waals surface area contributed by atoms with Crippen LogP contribution in [-0.2, 0) is 0 Å². The minimum Gasteiger partial charge on any atom is -0.444 e. The Bertz CT molecular complexity index is 778. The molecule has 6 N–H and O–H groups in total. The third-order valence-electron chi connectivity index (χ3n) is 5.19. The lowest BCUT2D eigenvalue weighted by atomic mass is 9.86. The van der Waals surface area contributed by atoms with Gasteiger partial charge < -0.3 is 26.3 Å². The van der Waals surface area contributed by atoms with Crippen molar-refractivity contribution in [2.75, 3.05) is 17.7 Å². The molecule has 1 aliphatic rings. The quantitative estimate of drug-likeness (QED) is 0.626. The lowest BCUT2D eigenvalue weighted by molar-refractivity contribution is 0.0996. The van der Waals surface area contributed by atoms with Crippen molar-refractivity contribution in [3.8, 4) is 11.5 Å². The number of aromatic nitrogens is 3. The first kappa shape index (κ1) is 17.2. The van der Waals surface area contributed by atoms with Gasteiger partial charge in [-0.1, -0.05) is 6.92 Å². The molecule has 25 heavy (non-hydrogen) atoms. The van der Waals surface area contributed by atoms with E-state index in [-0.39, 0.29) is 47.1 Å². The molecule has 0 saturated heterocycles. The van der Waals surface area contributed by atoms with Gasteiger partial charge in [0.05, 0.1) is 6.20 Å². The van der Waals surface area contributed by atoms with Crippen molar-refractivity contribution in [2.24, 2.45) is 17.6 Å². The fourth-order valence-corrected chi connectivity index (χ4v) is 3.48. The summed E-state index contributed by atoms with van der Waals surface area (Å²) in [5.41, 5.74) is 11.1. The zero-order valence-electron chi connectivity index (χ0n) is 14.2. The van der Waals surface area contributed by atoms with Crippen LogP contribution in [0.4, 0.5) is 11.8 Å². The van der Waals surface area contributed by atoms with E-state index in [1.807, 2.05) is 0 Å². The van der Waals surface area contributed by atoms with Gasteiger partial charge in [0, 0.05) is 12.1 Å². The number of amides is 1. The van der Waals surface area contributed by atoms with Crippen molar-refractivity contribution in [1.29, 1.82) is 0 Å². The third-order valence-corrected chi connectivity index (χ3v) is 5.19. The second kappa shape index (κ2) is 6.32. The van der Waals surface area contributed by atoms with Crippen molar-refractivity contribution in [3.63, 3.8) is 0 Å². The fourth-order valence-electron chi connectivity index (χ4n) is 3.48. The second-order valence-electron chi connectivity index (χ2n) is 6.67. The summed E-state index contributed by atoms with van der Waals surface area (Å²) in [7, 11) is 0. The molecule has 0 radical (unpaired) electrons. The maximum absolute atomic E-state index is 11.8. The Morgan fingerprint density at radius 2 is 2.28 bits per heavy atom. The van der Waals surface area contributed by atoms with Crippen LogP contribution < -0.4 is 16.8 Å². The van der Waals surface area contributed by atoms with Crippen LogP contribution >= 0.6 is 0 Å². The van der Waals surface area contributed by atoms with Gasteiger partial charge in [0.15, 0.2) is 0 Å². The summed E-state index contributed by atoms with van der Waals surface area (Å²) in [4.78, 5) is 24.1. The summed E-state index contributed by atoms with van der Waals surface area (Å²) in [5.74, 6) is 0.0873.